The zero-order valence-electron chi connectivity index (χ0n) is 9.41. The predicted molar refractivity (Wildman–Crippen MR) is 68.8 cm³/mol. The molecule has 0 amide bonds. The van der Waals surface area contributed by atoms with Crippen LogP contribution in [0.1, 0.15) is 37.7 Å². The summed E-state index contributed by atoms with van der Waals surface area (Å²) in [5.74, 6) is 0. The first kappa shape index (κ1) is 11.8. The van der Waals surface area contributed by atoms with E-state index in [4.69, 9.17) is 0 Å². The van der Waals surface area contributed by atoms with Crippen molar-refractivity contribution < 1.29 is 0 Å². The van der Waals surface area contributed by atoms with E-state index >= 15 is 0 Å². The summed E-state index contributed by atoms with van der Waals surface area (Å²) in [5, 5.41) is 0. The van der Waals surface area contributed by atoms with Gasteiger partial charge in [-0.3, -0.25) is 0 Å². The highest BCUT2D eigenvalue weighted by Crippen LogP contribution is 2.18. The van der Waals surface area contributed by atoms with Crippen LogP contribution in [0.3, 0.4) is 0 Å². The Labute approximate surface area is 93.3 Å². The number of benzene rings is 1. The molecule has 0 atom stereocenters. The summed E-state index contributed by atoms with van der Waals surface area (Å²) in [5.41, 5.74) is 2.54. The first-order valence-corrected chi connectivity index (χ1v) is 5.68. The quantitative estimate of drug-likeness (QED) is 0.436. The van der Waals surface area contributed by atoms with E-state index in [1.165, 1.54) is 30.4 Å². The first-order chi connectivity index (χ1) is 7.34. The van der Waals surface area contributed by atoms with Gasteiger partial charge < -0.3 is 0 Å². The van der Waals surface area contributed by atoms with Gasteiger partial charge in [-0.2, -0.15) is 0 Å². The zero-order chi connectivity index (χ0) is 10.9. The molecule has 0 nitrogen and oxygen atoms in total. The molecule has 1 aromatic rings. The summed E-state index contributed by atoms with van der Waals surface area (Å²) < 4.78 is 0. The van der Waals surface area contributed by atoms with Crippen LogP contribution in [-0.2, 0) is 0 Å². The highest BCUT2D eigenvalue weighted by molar-refractivity contribution is 5.62. The molecule has 0 bridgehead atoms. The second-order valence-electron chi connectivity index (χ2n) is 3.86. The second kappa shape index (κ2) is 7.05. The molecule has 0 saturated heterocycles. The average Bonchev–Trinajstić information content (AvgIpc) is 2.30. The topological polar surface area (TPSA) is 0 Å². The van der Waals surface area contributed by atoms with Gasteiger partial charge >= 0.3 is 0 Å². The third-order valence-electron chi connectivity index (χ3n) is 2.57. The van der Waals surface area contributed by atoms with E-state index in [0.717, 1.165) is 12.8 Å². The van der Waals surface area contributed by atoms with Gasteiger partial charge in [-0.15, -0.1) is 6.58 Å². The molecular formula is C15H20. The number of allylic oxidation sites excluding steroid dienone is 2. The average molecular weight is 200 g/mol. The molecule has 1 rings (SSSR count). The Bertz CT molecular complexity index is 295. The van der Waals surface area contributed by atoms with Crippen molar-refractivity contribution in [2.75, 3.05) is 0 Å². The number of hydrogen-bond donors (Lipinski definition) is 0. The number of unbranched alkanes of at least 4 members (excludes halogenated alkanes) is 3. The normalized spacial score (nSPS) is 9.87. The van der Waals surface area contributed by atoms with E-state index in [-0.39, 0.29) is 0 Å². The molecule has 0 spiro atoms. The third-order valence-corrected chi connectivity index (χ3v) is 2.57. The summed E-state index contributed by atoms with van der Waals surface area (Å²) in [4.78, 5) is 0. The molecule has 15 heavy (non-hydrogen) atoms. The molecule has 0 heterocycles. The molecule has 0 aliphatic heterocycles. The summed E-state index contributed by atoms with van der Waals surface area (Å²) >= 11 is 0. The fraction of sp³-hybridized carbons (Fsp3) is 0.333. The summed E-state index contributed by atoms with van der Waals surface area (Å²) in [6, 6.07) is 10.4. The van der Waals surface area contributed by atoms with E-state index < -0.39 is 0 Å². The van der Waals surface area contributed by atoms with Crippen molar-refractivity contribution in [3.63, 3.8) is 0 Å². The van der Waals surface area contributed by atoms with Gasteiger partial charge in [0.15, 0.2) is 0 Å². The summed E-state index contributed by atoms with van der Waals surface area (Å²) in [6.07, 6.45) is 8.01. The Kier molecular flexibility index (Phi) is 5.54. The lowest BCUT2D eigenvalue weighted by molar-refractivity contribution is 0.702. The van der Waals surface area contributed by atoms with Crippen molar-refractivity contribution in [2.45, 2.75) is 32.1 Å². The SMILES string of the molecule is C=CCCCCCC(=C)c1ccccc1. The highest BCUT2D eigenvalue weighted by Gasteiger charge is 1.97. The van der Waals surface area contributed by atoms with E-state index in [9.17, 15) is 0 Å². The molecule has 0 heteroatoms. The predicted octanol–water partition coefficient (Wildman–Crippen LogP) is 4.84. The van der Waals surface area contributed by atoms with Gasteiger partial charge in [0.1, 0.15) is 0 Å². The van der Waals surface area contributed by atoms with Gasteiger partial charge in [0, 0.05) is 0 Å². The molecule has 0 N–H and O–H groups in total. The first-order valence-electron chi connectivity index (χ1n) is 5.68. The minimum atomic E-state index is 1.11. The van der Waals surface area contributed by atoms with E-state index in [2.05, 4.69) is 37.4 Å². The Morgan fingerprint density at radius 3 is 2.47 bits per heavy atom. The van der Waals surface area contributed by atoms with Gasteiger partial charge in [-0.25, -0.2) is 0 Å². The van der Waals surface area contributed by atoms with Crippen LogP contribution in [0, 0.1) is 0 Å². The van der Waals surface area contributed by atoms with Crippen LogP contribution < -0.4 is 0 Å². The van der Waals surface area contributed by atoms with Crippen LogP contribution >= 0.6 is 0 Å². The van der Waals surface area contributed by atoms with Crippen molar-refractivity contribution >= 4 is 5.57 Å². The lowest BCUT2D eigenvalue weighted by Crippen LogP contribution is -1.83. The van der Waals surface area contributed by atoms with Crippen molar-refractivity contribution in [2.24, 2.45) is 0 Å². The Balaban J connectivity index is 2.22. The Morgan fingerprint density at radius 2 is 1.80 bits per heavy atom. The summed E-state index contributed by atoms with van der Waals surface area (Å²) in [6.45, 7) is 7.85. The zero-order valence-corrected chi connectivity index (χ0v) is 9.41. The van der Waals surface area contributed by atoms with Gasteiger partial charge in [0.2, 0.25) is 0 Å². The van der Waals surface area contributed by atoms with Crippen LogP contribution in [0.4, 0.5) is 0 Å². The van der Waals surface area contributed by atoms with E-state index in [1.807, 2.05) is 12.1 Å². The van der Waals surface area contributed by atoms with Gasteiger partial charge in [-0.1, -0.05) is 49.4 Å². The molecule has 0 aromatic heterocycles. The van der Waals surface area contributed by atoms with Crippen molar-refractivity contribution in [1.82, 2.24) is 0 Å². The Hall–Kier alpha value is -1.30. The number of rotatable bonds is 7. The Morgan fingerprint density at radius 1 is 1.07 bits per heavy atom. The van der Waals surface area contributed by atoms with Gasteiger partial charge in [0.05, 0.1) is 0 Å². The molecule has 0 aliphatic carbocycles. The van der Waals surface area contributed by atoms with Crippen molar-refractivity contribution in [1.29, 1.82) is 0 Å². The molecule has 0 aliphatic rings. The van der Waals surface area contributed by atoms with Crippen LogP contribution in [0.15, 0.2) is 49.6 Å². The molecule has 0 saturated carbocycles. The molecule has 0 radical (unpaired) electrons. The fourth-order valence-electron chi connectivity index (χ4n) is 1.62. The van der Waals surface area contributed by atoms with Crippen LogP contribution in [0.5, 0.6) is 0 Å². The second-order valence-corrected chi connectivity index (χ2v) is 3.86. The van der Waals surface area contributed by atoms with E-state index in [0.29, 0.717) is 0 Å². The lowest BCUT2D eigenvalue weighted by atomic mass is 10.0. The maximum absolute atomic E-state index is 4.12. The van der Waals surface area contributed by atoms with Crippen LogP contribution in [0.2, 0.25) is 0 Å². The standard InChI is InChI=1S/C15H20/c1-3-4-5-6-8-11-14(2)15-12-9-7-10-13-15/h3,7,9-10,12-13H,1-2,4-6,8,11H2. The van der Waals surface area contributed by atoms with Gasteiger partial charge in [0.25, 0.3) is 0 Å². The highest BCUT2D eigenvalue weighted by atomic mass is 14.0. The lowest BCUT2D eigenvalue weighted by Gasteiger charge is -2.05. The minimum absolute atomic E-state index is 1.11. The maximum atomic E-state index is 4.12. The largest absolute Gasteiger partial charge is 0.103 e. The molecule has 1 aromatic carbocycles. The van der Waals surface area contributed by atoms with E-state index in [1.54, 1.807) is 0 Å². The number of hydrogen-bond acceptors (Lipinski definition) is 0. The van der Waals surface area contributed by atoms with Crippen molar-refractivity contribution in [3.05, 3.63) is 55.1 Å². The summed E-state index contributed by atoms with van der Waals surface area (Å²) in [7, 11) is 0. The smallest absolute Gasteiger partial charge is 0.0230 e. The van der Waals surface area contributed by atoms with Crippen LogP contribution in [-0.4, -0.2) is 0 Å². The molecule has 0 unspecified atom stereocenters. The van der Waals surface area contributed by atoms with Crippen molar-refractivity contribution in [3.8, 4) is 0 Å². The third kappa shape index (κ3) is 4.64. The monoisotopic (exact) mass is 200 g/mol. The minimum Gasteiger partial charge on any atom is -0.103 e. The molecule has 80 valence electrons. The van der Waals surface area contributed by atoms with Crippen LogP contribution in [0.25, 0.3) is 5.57 Å². The molecular weight excluding hydrogens is 180 g/mol. The maximum Gasteiger partial charge on any atom is -0.0230 e. The fourth-order valence-corrected chi connectivity index (χ4v) is 1.62. The van der Waals surface area contributed by atoms with Gasteiger partial charge in [-0.05, 0) is 36.8 Å². The molecule has 0 fully saturated rings.